The second kappa shape index (κ2) is 8.09. The molecule has 2 aromatic rings. The van der Waals surface area contributed by atoms with E-state index in [0.717, 1.165) is 6.08 Å². The summed E-state index contributed by atoms with van der Waals surface area (Å²) >= 11 is 0. The summed E-state index contributed by atoms with van der Waals surface area (Å²) in [5, 5.41) is 11.3. The first kappa shape index (κ1) is 18.9. The van der Waals surface area contributed by atoms with Crippen molar-refractivity contribution in [2.24, 2.45) is 0 Å². The lowest BCUT2D eigenvalue weighted by molar-refractivity contribution is -0.115. The number of hydrogen-bond acceptors (Lipinski definition) is 5. The molecule has 132 valence electrons. The average Bonchev–Trinajstić information content (AvgIpc) is 2.60. The van der Waals surface area contributed by atoms with E-state index in [4.69, 9.17) is 5.26 Å². The summed E-state index contributed by atoms with van der Waals surface area (Å²) in [6.45, 7) is 1.40. The van der Waals surface area contributed by atoms with Gasteiger partial charge in [0.15, 0.2) is 0 Å². The van der Waals surface area contributed by atoms with Crippen molar-refractivity contribution in [2.45, 2.75) is 11.8 Å². The molecule has 0 aromatic heterocycles. The van der Waals surface area contributed by atoms with Crippen LogP contribution in [0.25, 0.3) is 6.08 Å². The molecule has 2 aromatic carbocycles. The summed E-state index contributed by atoms with van der Waals surface area (Å²) in [5.41, 5.74) is 1.59. The summed E-state index contributed by atoms with van der Waals surface area (Å²) in [6, 6.07) is 13.7. The highest BCUT2D eigenvalue weighted by atomic mass is 32.2. The van der Waals surface area contributed by atoms with Crippen LogP contribution in [0.3, 0.4) is 0 Å². The summed E-state index contributed by atoms with van der Waals surface area (Å²) in [6.07, 6.45) is 2.54. The van der Waals surface area contributed by atoms with E-state index in [1.165, 1.54) is 37.3 Å². The monoisotopic (exact) mass is 369 g/mol. The number of nitrogens with zero attached hydrogens (tertiary/aromatic N) is 1. The molecule has 0 saturated carbocycles. The number of carbonyl (C=O) groups is 2. The van der Waals surface area contributed by atoms with E-state index in [1.807, 2.05) is 10.8 Å². The molecule has 0 aliphatic carbocycles. The normalized spacial score (nSPS) is 10.9. The van der Waals surface area contributed by atoms with Crippen LogP contribution in [0, 0.1) is 11.3 Å². The van der Waals surface area contributed by atoms with Crippen molar-refractivity contribution < 1.29 is 18.0 Å². The van der Waals surface area contributed by atoms with Gasteiger partial charge in [-0.25, -0.2) is 13.1 Å². The van der Waals surface area contributed by atoms with E-state index in [9.17, 15) is 18.0 Å². The van der Waals surface area contributed by atoms with Crippen LogP contribution in [0.5, 0.6) is 0 Å². The van der Waals surface area contributed by atoms with Crippen molar-refractivity contribution >= 4 is 33.6 Å². The highest BCUT2D eigenvalue weighted by molar-refractivity contribution is 7.90. The van der Waals surface area contributed by atoms with Gasteiger partial charge in [0, 0.05) is 18.7 Å². The van der Waals surface area contributed by atoms with Crippen LogP contribution in [-0.4, -0.2) is 20.2 Å². The second-order valence-electron chi connectivity index (χ2n) is 5.24. The maximum atomic E-state index is 12.1. The molecule has 0 saturated heterocycles. The molecule has 8 heteroatoms. The predicted molar refractivity (Wildman–Crippen MR) is 96.3 cm³/mol. The van der Waals surface area contributed by atoms with E-state index < -0.39 is 15.9 Å². The molecule has 7 nitrogen and oxygen atoms in total. The Morgan fingerprint density at radius 1 is 1.04 bits per heavy atom. The van der Waals surface area contributed by atoms with Gasteiger partial charge in [-0.3, -0.25) is 9.59 Å². The van der Waals surface area contributed by atoms with Gasteiger partial charge in [0.05, 0.1) is 16.5 Å². The lowest BCUT2D eigenvalue weighted by Crippen LogP contribution is -2.28. The van der Waals surface area contributed by atoms with Crippen LogP contribution in [0.1, 0.15) is 18.1 Å². The number of rotatable bonds is 5. The van der Waals surface area contributed by atoms with E-state index in [1.54, 1.807) is 24.3 Å². The lowest BCUT2D eigenvalue weighted by atomic mass is 10.2. The largest absolute Gasteiger partial charge is 0.326 e. The van der Waals surface area contributed by atoms with E-state index in [0.29, 0.717) is 16.8 Å². The van der Waals surface area contributed by atoms with E-state index in [-0.39, 0.29) is 10.8 Å². The van der Waals surface area contributed by atoms with Gasteiger partial charge in [-0.1, -0.05) is 12.1 Å². The second-order valence-corrected chi connectivity index (χ2v) is 6.92. The number of hydrogen-bond donors (Lipinski definition) is 2. The van der Waals surface area contributed by atoms with Crippen molar-refractivity contribution in [3.8, 4) is 6.07 Å². The third-order valence-corrected chi connectivity index (χ3v) is 4.55. The van der Waals surface area contributed by atoms with Gasteiger partial charge in [-0.15, -0.1) is 0 Å². The van der Waals surface area contributed by atoms with E-state index >= 15 is 0 Å². The van der Waals surface area contributed by atoms with Crippen LogP contribution in [0.15, 0.2) is 59.5 Å². The van der Waals surface area contributed by atoms with Gasteiger partial charge in [0.1, 0.15) is 0 Å². The third kappa shape index (κ3) is 5.29. The Hall–Kier alpha value is -3.44. The smallest absolute Gasteiger partial charge is 0.264 e. The molecule has 26 heavy (non-hydrogen) atoms. The molecule has 0 bridgehead atoms. The van der Waals surface area contributed by atoms with Crippen molar-refractivity contribution in [1.82, 2.24) is 4.72 Å². The fraction of sp³-hybridized carbons (Fsp3) is 0.0556. The first-order valence-corrected chi connectivity index (χ1v) is 8.91. The van der Waals surface area contributed by atoms with Gasteiger partial charge in [0.25, 0.3) is 15.9 Å². The molecule has 0 fully saturated rings. The SMILES string of the molecule is CC(=O)Nc1ccc(/C=C/C(=O)NS(=O)(=O)c2ccc(C#N)cc2)cc1. The number of amides is 2. The Balaban J connectivity index is 2.03. The Kier molecular flexibility index (Phi) is 5.88. The van der Waals surface area contributed by atoms with Gasteiger partial charge in [0.2, 0.25) is 5.91 Å². The number of nitrogens with one attached hydrogen (secondary N) is 2. The Morgan fingerprint density at radius 3 is 2.19 bits per heavy atom. The highest BCUT2D eigenvalue weighted by Crippen LogP contribution is 2.12. The van der Waals surface area contributed by atoms with Gasteiger partial charge >= 0.3 is 0 Å². The zero-order valence-electron chi connectivity index (χ0n) is 13.8. The molecule has 2 N–H and O–H groups in total. The fourth-order valence-electron chi connectivity index (χ4n) is 1.99. The standard InChI is InChI=1S/C18H15N3O4S/c1-13(22)20-16-7-2-14(3-8-16)6-11-18(23)21-26(24,25)17-9-4-15(12-19)5-10-17/h2-11H,1H3,(H,20,22)(H,21,23)/b11-6+. The third-order valence-electron chi connectivity index (χ3n) is 3.19. The fourth-order valence-corrected chi connectivity index (χ4v) is 2.93. The van der Waals surface area contributed by atoms with Crippen LogP contribution < -0.4 is 10.0 Å². The van der Waals surface area contributed by atoms with E-state index in [2.05, 4.69) is 5.32 Å². The minimum atomic E-state index is -4.02. The van der Waals surface area contributed by atoms with Crippen molar-refractivity contribution in [3.05, 3.63) is 65.7 Å². The Labute approximate surface area is 151 Å². The molecule has 0 atom stereocenters. The Morgan fingerprint density at radius 2 is 1.65 bits per heavy atom. The Bertz CT molecular complexity index is 986. The van der Waals surface area contributed by atoms with Crippen molar-refractivity contribution in [1.29, 1.82) is 5.26 Å². The zero-order chi connectivity index (χ0) is 19.2. The predicted octanol–water partition coefficient (Wildman–Crippen LogP) is 2.03. The maximum Gasteiger partial charge on any atom is 0.264 e. The van der Waals surface area contributed by atoms with Crippen LogP contribution in [-0.2, 0) is 19.6 Å². The van der Waals surface area contributed by atoms with Crippen molar-refractivity contribution in [3.63, 3.8) is 0 Å². The van der Waals surface area contributed by atoms with Crippen LogP contribution in [0.4, 0.5) is 5.69 Å². The molecule has 2 rings (SSSR count). The zero-order valence-corrected chi connectivity index (χ0v) is 14.6. The highest BCUT2D eigenvalue weighted by Gasteiger charge is 2.15. The van der Waals surface area contributed by atoms with Gasteiger partial charge < -0.3 is 5.32 Å². The summed E-state index contributed by atoms with van der Waals surface area (Å²) in [4.78, 5) is 22.7. The minimum Gasteiger partial charge on any atom is -0.326 e. The molecular weight excluding hydrogens is 354 g/mol. The maximum absolute atomic E-state index is 12.1. The topological polar surface area (TPSA) is 116 Å². The molecule has 0 radical (unpaired) electrons. The van der Waals surface area contributed by atoms with Crippen LogP contribution in [0.2, 0.25) is 0 Å². The number of benzene rings is 2. The number of anilines is 1. The van der Waals surface area contributed by atoms with Gasteiger partial charge in [-0.05, 0) is 48.0 Å². The molecule has 0 aliphatic heterocycles. The average molecular weight is 369 g/mol. The quantitative estimate of drug-likeness (QED) is 0.782. The molecule has 2 amide bonds. The minimum absolute atomic E-state index is 0.113. The number of nitriles is 1. The molecule has 0 spiro atoms. The lowest BCUT2D eigenvalue weighted by Gasteiger charge is -2.05. The summed E-state index contributed by atoms with van der Waals surface area (Å²) in [5.74, 6) is -0.999. The first-order valence-electron chi connectivity index (χ1n) is 7.43. The van der Waals surface area contributed by atoms with Crippen molar-refractivity contribution in [2.75, 3.05) is 5.32 Å². The molecular formula is C18H15N3O4S. The molecule has 0 aliphatic rings. The van der Waals surface area contributed by atoms with Crippen LogP contribution >= 0.6 is 0 Å². The summed E-state index contributed by atoms with van der Waals surface area (Å²) < 4.78 is 26.1. The molecule has 0 heterocycles. The van der Waals surface area contributed by atoms with Gasteiger partial charge in [-0.2, -0.15) is 5.26 Å². The number of sulfonamides is 1. The first-order chi connectivity index (χ1) is 12.3. The number of carbonyl (C=O) groups excluding carboxylic acids is 2. The molecule has 0 unspecified atom stereocenters. The summed E-state index contributed by atoms with van der Waals surface area (Å²) in [7, 11) is -4.02.